The predicted octanol–water partition coefficient (Wildman–Crippen LogP) is 4.09. The van der Waals surface area contributed by atoms with E-state index in [2.05, 4.69) is 27.8 Å². The molecule has 1 saturated carbocycles. The Morgan fingerprint density at radius 3 is 2.94 bits per heavy atom. The molecule has 0 amide bonds. The maximum absolute atomic E-state index is 10.5. The van der Waals surface area contributed by atoms with Crippen LogP contribution in [-0.2, 0) is 0 Å². The number of aromatic nitrogens is 1. The van der Waals surface area contributed by atoms with Crippen molar-refractivity contribution < 1.29 is 5.11 Å². The Balaban J connectivity index is 2.18. The van der Waals surface area contributed by atoms with Gasteiger partial charge in [-0.1, -0.05) is 32.6 Å². The Morgan fingerprint density at radius 1 is 1.47 bits per heavy atom. The SMILES string of the molecule is CCC1CCCCC1C(O)c1ncccc1Br. The molecule has 2 rings (SSSR count). The van der Waals surface area contributed by atoms with Crippen molar-refractivity contribution in [1.82, 2.24) is 4.98 Å². The van der Waals surface area contributed by atoms with Gasteiger partial charge in [-0.15, -0.1) is 0 Å². The van der Waals surface area contributed by atoms with Crippen molar-refractivity contribution in [1.29, 1.82) is 0 Å². The molecule has 1 aliphatic rings. The molecule has 0 bridgehead atoms. The number of rotatable bonds is 3. The van der Waals surface area contributed by atoms with E-state index in [4.69, 9.17) is 0 Å². The highest BCUT2D eigenvalue weighted by Crippen LogP contribution is 2.41. The summed E-state index contributed by atoms with van der Waals surface area (Å²) in [6, 6.07) is 3.84. The molecule has 3 atom stereocenters. The van der Waals surface area contributed by atoms with E-state index in [1.807, 2.05) is 12.1 Å². The maximum Gasteiger partial charge on any atom is 0.100 e. The third-order valence-corrected chi connectivity index (χ3v) is 4.64. The van der Waals surface area contributed by atoms with E-state index in [9.17, 15) is 5.11 Å². The number of halogens is 1. The van der Waals surface area contributed by atoms with Gasteiger partial charge in [0.05, 0.1) is 5.69 Å². The van der Waals surface area contributed by atoms with Crippen molar-refractivity contribution in [3.8, 4) is 0 Å². The van der Waals surface area contributed by atoms with Gasteiger partial charge in [0.1, 0.15) is 6.10 Å². The molecular weight excluding hydrogens is 278 g/mol. The van der Waals surface area contributed by atoms with Gasteiger partial charge in [0.15, 0.2) is 0 Å². The molecule has 1 N–H and O–H groups in total. The van der Waals surface area contributed by atoms with E-state index in [-0.39, 0.29) is 0 Å². The number of hydrogen-bond donors (Lipinski definition) is 1. The molecule has 1 heterocycles. The van der Waals surface area contributed by atoms with Gasteiger partial charge < -0.3 is 5.11 Å². The Kier molecular flexibility index (Phi) is 4.57. The number of aliphatic hydroxyl groups excluding tert-OH is 1. The zero-order valence-corrected chi connectivity index (χ0v) is 11.9. The summed E-state index contributed by atoms with van der Waals surface area (Å²) in [4.78, 5) is 4.33. The molecule has 17 heavy (non-hydrogen) atoms. The molecule has 1 fully saturated rings. The van der Waals surface area contributed by atoms with Gasteiger partial charge in [0.25, 0.3) is 0 Å². The lowest BCUT2D eigenvalue weighted by atomic mass is 9.74. The van der Waals surface area contributed by atoms with Crippen LogP contribution in [0.3, 0.4) is 0 Å². The molecule has 0 aliphatic heterocycles. The number of aliphatic hydroxyl groups is 1. The fourth-order valence-electron chi connectivity index (χ4n) is 2.98. The normalized spacial score (nSPS) is 26.8. The van der Waals surface area contributed by atoms with Crippen LogP contribution in [0.15, 0.2) is 22.8 Å². The standard InChI is InChI=1S/C14H20BrNO/c1-2-10-6-3-4-7-11(10)14(17)13-12(15)8-5-9-16-13/h5,8-11,14,17H,2-4,6-7H2,1H3. The molecular formula is C14H20BrNO. The molecule has 1 aliphatic carbocycles. The lowest BCUT2D eigenvalue weighted by Gasteiger charge is -2.34. The molecule has 1 aromatic rings. The third kappa shape index (κ3) is 2.89. The van der Waals surface area contributed by atoms with Crippen molar-refractivity contribution in [2.24, 2.45) is 11.8 Å². The van der Waals surface area contributed by atoms with E-state index >= 15 is 0 Å². The Morgan fingerprint density at radius 2 is 2.24 bits per heavy atom. The van der Waals surface area contributed by atoms with Gasteiger partial charge in [-0.2, -0.15) is 0 Å². The van der Waals surface area contributed by atoms with Gasteiger partial charge in [0.2, 0.25) is 0 Å². The van der Waals surface area contributed by atoms with Crippen molar-refractivity contribution in [2.45, 2.75) is 45.1 Å². The Hall–Kier alpha value is -0.410. The van der Waals surface area contributed by atoms with Crippen LogP contribution >= 0.6 is 15.9 Å². The summed E-state index contributed by atoms with van der Waals surface area (Å²) in [5.74, 6) is 1.02. The first kappa shape index (κ1) is 13.0. The summed E-state index contributed by atoms with van der Waals surface area (Å²) in [5.41, 5.74) is 0.804. The summed E-state index contributed by atoms with van der Waals surface area (Å²) < 4.78 is 0.924. The minimum absolute atomic E-state index is 0.375. The first-order chi connectivity index (χ1) is 8.24. The highest BCUT2D eigenvalue weighted by atomic mass is 79.9. The van der Waals surface area contributed by atoms with Crippen molar-refractivity contribution in [2.75, 3.05) is 0 Å². The molecule has 2 nitrogen and oxygen atoms in total. The second-order valence-corrected chi connectivity index (χ2v) is 5.79. The zero-order valence-electron chi connectivity index (χ0n) is 10.3. The second kappa shape index (κ2) is 5.96. The molecule has 1 aromatic heterocycles. The van der Waals surface area contributed by atoms with E-state index in [0.717, 1.165) is 23.0 Å². The number of pyridine rings is 1. The molecule has 0 aromatic carbocycles. The average molecular weight is 298 g/mol. The maximum atomic E-state index is 10.5. The summed E-state index contributed by atoms with van der Waals surface area (Å²) in [5, 5.41) is 10.5. The average Bonchev–Trinajstić information content (AvgIpc) is 2.38. The van der Waals surface area contributed by atoms with Gasteiger partial charge in [-0.25, -0.2) is 0 Å². The molecule has 94 valence electrons. The van der Waals surface area contributed by atoms with Crippen LogP contribution in [0.1, 0.15) is 50.8 Å². The Labute approximate surface area is 112 Å². The monoisotopic (exact) mass is 297 g/mol. The van der Waals surface area contributed by atoms with Crippen LogP contribution in [0, 0.1) is 11.8 Å². The number of hydrogen-bond acceptors (Lipinski definition) is 2. The van der Waals surface area contributed by atoms with Crippen molar-refractivity contribution in [3.05, 3.63) is 28.5 Å². The summed E-state index contributed by atoms with van der Waals surface area (Å²) in [6.07, 6.45) is 7.43. The fraction of sp³-hybridized carbons (Fsp3) is 0.643. The van der Waals surface area contributed by atoms with Crippen molar-refractivity contribution >= 4 is 15.9 Å². The van der Waals surface area contributed by atoms with Crippen LogP contribution in [-0.4, -0.2) is 10.1 Å². The molecule has 3 heteroatoms. The van der Waals surface area contributed by atoms with E-state index in [0.29, 0.717) is 11.8 Å². The van der Waals surface area contributed by atoms with Crippen LogP contribution in [0.5, 0.6) is 0 Å². The van der Waals surface area contributed by atoms with E-state index < -0.39 is 6.10 Å². The van der Waals surface area contributed by atoms with Crippen LogP contribution in [0.25, 0.3) is 0 Å². The lowest BCUT2D eigenvalue weighted by molar-refractivity contribution is 0.0416. The van der Waals surface area contributed by atoms with Gasteiger partial charge >= 0.3 is 0 Å². The van der Waals surface area contributed by atoms with Gasteiger partial charge in [-0.05, 0) is 46.3 Å². The van der Waals surface area contributed by atoms with Gasteiger partial charge in [-0.3, -0.25) is 4.98 Å². The first-order valence-electron chi connectivity index (χ1n) is 6.52. The smallest absolute Gasteiger partial charge is 0.100 e. The van der Waals surface area contributed by atoms with Gasteiger partial charge in [0, 0.05) is 10.7 Å². The summed E-state index contributed by atoms with van der Waals surface area (Å²) in [6.45, 7) is 2.23. The highest BCUT2D eigenvalue weighted by molar-refractivity contribution is 9.10. The second-order valence-electron chi connectivity index (χ2n) is 4.93. The van der Waals surface area contributed by atoms with Crippen molar-refractivity contribution in [3.63, 3.8) is 0 Å². The van der Waals surface area contributed by atoms with Crippen LogP contribution < -0.4 is 0 Å². The Bertz CT molecular complexity index is 369. The highest BCUT2D eigenvalue weighted by Gasteiger charge is 2.31. The number of nitrogens with zero attached hydrogens (tertiary/aromatic N) is 1. The minimum atomic E-state index is -0.421. The topological polar surface area (TPSA) is 33.1 Å². The lowest BCUT2D eigenvalue weighted by Crippen LogP contribution is -2.26. The predicted molar refractivity (Wildman–Crippen MR) is 72.6 cm³/mol. The quantitative estimate of drug-likeness (QED) is 0.911. The summed E-state index contributed by atoms with van der Waals surface area (Å²) in [7, 11) is 0. The fourth-order valence-corrected chi connectivity index (χ4v) is 3.47. The zero-order chi connectivity index (χ0) is 12.3. The molecule has 0 radical (unpaired) electrons. The third-order valence-electron chi connectivity index (χ3n) is 3.96. The molecule has 3 unspecified atom stereocenters. The first-order valence-corrected chi connectivity index (χ1v) is 7.31. The summed E-state index contributed by atoms with van der Waals surface area (Å²) >= 11 is 3.48. The minimum Gasteiger partial charge on any atom is -0.386 e. The van der Waals surface area contributed by atoms with Crippen LogP contribution in [0.4, 0.5) is 0 Å². The molecule has 0 spiro atoms. The van der Waals surface area contributed by atoms with E-state index in [1.54, 1.807) is 6.20 Å². The molecule has 0 saturated heterocycles. The largest absolute Gasteiger partial charge is 0.386 e. The van der Waals surface area contributed by atoms with E-state index in [1.165, 1.54) is 19.3 Å². The van der Waals surface area contributed by atoms with Crippen LogP contribution in [0.2, 0.25) is 0 Å².